The van der Waals surface area contributed by atoms with Gasteiger partial charge < -0.3 is 9.67 Å². The molecule has 0 aliphatic heterocycles. The van der Waals surface area contributed by atoms with Gasteiger partial charge in [0.05, 0.1) is 6.20 Å². The summed E-state index contributed by atoms with van der Waals surface area (Å²) in [5.74, 6) is 0. The number of aliphatic hydroxyl groups excluding tert-OH is 1. The molecule has 5 nitrogen and oxygen atoms in total. The molecule has 0 fully saturated rings. The first-order valence-electron chi connectivity index (χ1n) is 4.77. The van der Waals surface area contributed by atoms with E-state index in [1.165, 1.54) is 0 Å². The summed E-state index contributed by atoms with van der Waals surface area (Å²) >= 11 is 0. The van der Waals surface area contributed by atoms with Crippen LogP contribution >= 0.6 is 0 Å². The zero-order valence-corrected chi connectivity index (χ0v) is 9.58. The highest BCUT2D eigenvalue weighted by Gasteiger charge is 2.00. The molecule has 86 valence electrons. The molecule has 0 radical (unpaired) electrons. The molecule has 0 saturated heterocycles. The average molecular weight is 221 g/mol. The van der Waals surface area contributed by atoms with Crippen molar-refractivity contribution < 1.29 is 5.11 Å². The summed E-state index contributed by atoms with van der Waals surface area (Å²) in [7, 11) is 4.60. The molecule has 2 rings (SSSR count). The molecular formula is C11H15N3O2. The summed E-state index contributed by atoms with van der Waals surface area (Å²) < 4.78 is 3.29. The van der Waals surface area contributed by atoms with E-state index in [0.29, 0.717) is 0 Å². The molecule has 2 aromatic heterocycles. The molecular weight excluding hydrogens is 206 g/mol. The Labute approximate surface area is 93.6 Å². The fourth-order valence-electron chi connectivity index (χ4n) is 1.33. The normalized spacial score (nSPS) is 9.50. The predicted octanol–water partition coefficient (Wildman–Crippen LogP) is 0.394. The van der Waals surface area contributed by atoms with Crippen molar-refractivity contribution in [1.82, 2.24) is 14.3 Å². The summed E-state index contributed by atoms with van der Waals surface area (Å²) in [6.07, 6.45) is 5.50. The van der Waals surface area contributed by atoms with E-state index < -0.39 is 0 Å². The lowest BCUT2D eigenvalue weighted by Crippen LogP contribution is -2.13. The number of nitrogens with zero attached hydrogens (tertiary/aromatic N) is 3. The molecule has 0 unspecified atom stereocenters. The van der Waals surface area contributed by atoms with Crippen LogP contribution in [0.1, 0.15) is 0 Å². The third kappa shape index (κ3) is 2.58. The van der Waals surface area contributed by atoms with Gasteiger partial charge in [-0.3, -0.25) is 9.48 Å². The Balaban J connectivity index is 0.000000606. The predicted molar refractivity (Wildman–Crippen MR) is 62.0 cm³/mol. The summed E-state index contributed by atoms with van der Waals surface area (Å²) in [4.78, 5) is 11.1. The maximum absolute atomic E-state index is 11.1. The van der Waals surface area contributed by atoms with E-state index in [0.717, 1.165) is 18.2 Å². The SMILES string of the molecule is CO.Cn1cc(-c2ccc(=O)n(C)c2)cn1. The second-order valence-electron chi connectivity index (χ2n) is 3.27. The van der Waals surface area contributed by atoms with Gasteiger partial charge in [-0.15, -0.1) is 0 Å². The molecule has 1 N–H and O–H groups in total. The van der Waals surface area contributed by atoms with Crippen molar-refractivity contribution in [2.24, 2.45) is 14.1 Å². The molecule has 16 heavy (non-hydrogen) atoms. The van der Waals surface area contributed by atoms with Gasteiger partial charge in [-0.2, -0.15) is 5.10 Å². The van der Waals surface area contributed by atoms with Crippen molar-refractivity contribution in [3.8, 4) is 11.1 Å². The van der Waals surface area contributed by atoms with Crippen molar-refractivity contribution in [3.63, 3.8) is 0 Å². The van der Waals surface area contributed by atoms with Crippen LogP contribution in [-0.2, 0) is 14.1 Å². The summed E-state index contributed by atoms with van der Waals surface area (Å²) in [5.41, 5.74) is 2.01. The minimum Gasteiger partial charge on any atom is -0.400 e. The fraction of sp³-hybridized carbons (Fsp3) is 0.273. The molecule has 0 aliphatic carbocycles. The van der Waals surface area contributed by atoms with Crippen LogP contribution in [0.25, 0.3) is 11.1 Å². The van der Waals surface area contributed by atoms with Gasteiger partial charge in [0.1, 0.15) is 0 Å². The minimum atomic E-state index is -0.00218. The second-order valence-corrected chi connectivity index (χ2v) is 3.27. The van der Waals surface area contributed by atoms with Gasteiger partial charge in [0.25, 0.3) is 0 Å². The molecule has 0 spiro atoms. The van der Waals surface area contributed by atoms with Gasteiger partial charge in [-0.05, 0) is 6.07 Å². The van der Waals surface area contributed by atoms with Gasteiger partial charge in [0, 0.05) is 50.8 Å². The van der Waals surface area contributed by atoms with Gasteiger partial charge in [0.15, 0.2) is 0 Å². The third-order valence-corrected chi connectivity index (χ3v) is 2.12. The average Bonchev–Trinajstić information content (AvgIpc) is 2.72. The van der Waals surface area contributed by atoms with E-state index in [2.05, 4.69) is 5.10 Å². The lowest BCUT2D eigenvalue weighted by Gasteiger charge is -1.99. The molecule has 0 saturated carbocycles. The van der Waals surface area contributed by atoms with E-state index in [9.17, 15) is 4.79 Å². The molecule has 5 heteroatoms. The Morgan fingerprint density at radius 3 is 2.31 bits per heavy atom. The van der Waals surface area contributed by atoms with Crippen LogP contribution in [0.15, 0.2) is 35.5 Å². The maximum atomic E-state index is 11.1. The van der Waals surface area contributed by atoms with Crippen molar-refractivity contribution >= 4 is 0 Å². The smallest absolute Gasteiger partial charge is 0.250 e. The zero-order chi connectivity index (χ0) is 12.1. The molecule has 0 atom stereocenters. The third-order valence-electron chi connectivity index (χ3n) is 2.12. The number of aryl methyl sites for hydroxylation is 2. The van der Waals surface area contributed by atoms with Gasteiger partial charge in [-0.25, -0.2) is 0 Å². The van der Waals surface area contributed by atoms with Crippen LogP contribution in [-0.4, -0.2) is 26.6 Å². The van der Waals surface area contributed by atoms with Crippen molar-refractivity contribution in [1.29, 1.82) is 0 Å². The quantitative estimate of drug-likeness (QED) is 0.758. The number of aromatic nitrogens is 3. The number of hydrogen-bond acceptors (Lipinski definition) is 3. The standard InChI is InChI=1S/C10H11N3O.CH4O/c1-12-6-8(3-4-10(12)14)9-5-11-13(2)7-9;1-2/h3-7H,1-2H3;2H,1H3. The second kappa shape index (κ2) is 5.27. The van der Waals surface area contributed by atoms with Crippen LogP contribution in [0.3, 0.4) is 0 Å². The first-order valence-corrected chi connectivity index (χ1v) is 4.77. The van der Waals surface area contributed by atoms with Crippen LogP contribution in [0.2, 0.25) is 0 Å². The Morgan fingerprint density at radius 1 is 1.12 bits per heavy atom. The number of pyridine rings is 1. The van der Waals surface area contributed by atoms with Crippen molar-refractivity contribution in [3.05, 3.63) is 41.1 Å². The van der Waals surface area contributed by atoms with Crippen molar-refractivity contribution in [2.75, 3.05) is 7.11 Å². The van der Waals surface area contributed by atoms with Crippen LogP contribution in [0, 0.1) is 0 Å². The molecule has 0 aromatic carbocycles. The fourth-order valence-corrected chi connectivity index (χ4v) is 1.33. The highest BCUT2D eigenvalue weighted by molar-refractivity contribution is 5.60. The summed E-state index contributed by atoms with van der Waals surface area (Å²) in [5, 5.41) is 11.1. The van der Waals surface area contributed by atoms with Gasteiger partial charge in [-0.1, -0.05) is 0 Å². The van der Waals surface area contributed by atoms with Gasteiger partial charge in [0.2, 0.25) is 5.56 Å². The van der Waals surface area contributed by atoms with Crippen molar-refractivity contribution in [2.45, 2.75) is 0 Å². The maximum Gasteiger partial charge on any atom is 0.250 e. The molecule has 0 amide bonds. The Hall–Kier alpha value is -1.88. The summed E-state index contributed by atoms with van der Waals surface area (Å²) in [6.45, 7) is 0. The van der Waals surface area contributed by atoms with Crippen LogP contribution in [0.4, 0.5) is 0 Å². The Morgan fingerprint density at radius 2 is 1.81 bits per heavy atom. The van der Waals surface area contributed by atoms with Gasteiger partial charge >= 0.3 is 0 Å². The number of aliphatic hydroxyl groups is 1. The van der Waals surface area contributed by atoms with Crippen LogP contribution in [0.5, 0.6) is 0 Å². The first-order chi connectivity index (χ1) is 7.66. The monoisotopic (exact) mass is 221 g/mol. The lowest BCUT2D eigenvalue weighted by molar-refractivity contribution is 0.399. The first kappa shape index (κ1) is 12.2. The molecule has 0 bridgehead atoms. The molecule has 0 aliphatic rings. The topological polar surface area (TPSA) is 60.1 Å². The van der Waals surface area contributed by atoms with E-state index in [1.807, 2.05) is 13.2 Å². The largest absolute Gasteiger partial charge is 0.400 e. The molecule has 2 aromatic rings. The minimum absolute atomic E-state index is 0.00218. The Kier molecular flexibility index (Phi) is 4.02. The lowest BCUT2D eigenvalue weighted by atomic mass is 10.2. The van der Waals surface area contributed by atoms with E-state index >= 15 is 0 Å². The van der Waals surface area contributed by atoms with Crippen LogP contribution < -0.4 is 5.56 Å². The zero-order valence-electron chi connectivity index (χ0n) is 9.58. The Bertz CT molecular complexity index is 514. The van der Waals surface area contributed by atoms with E-state index in [1.54, 1.807) is 40.8 Å². The number of hydrogen-bond donors (Lipinski definition) is 1. The highest BCUT2D eigenvalue weighted by atomic mass is 16.2. The van der Waals surface area contributed by atoms with E-state index in [-0.39, 0.29) is 5.56 Å². The summed E-state index contributed by atoms with van der Waals surface area (Å²) in [6, 6.07) is 3.36. The number of rotatable bonds is 1. The molecule has 2 heterocycles. The van der Waals surface area contributed by atoms with E-state index in [4.69, 9.17) is 5.11 Å². The highest BCUT2D eigenvalue weighted by Crippen LogP contribution is 2.15.